The number of alkyl halides is 3. The van der Waals surface area contributed by atoms with E-state index in [0.717, 1.165) is 52.8 Å². The van der Waals surface area contributed by atoms with Gasteiger partial charge in [0.05, 0.1) is 17.3 Å². The summed E-state index contributed by atoms with van der Waals surface area (Å²) in [6, 6.07) is 8.50. The van der Waals surface area contributed by atoms with Crippen molar-refractivity contribution in [2.45, 2.75) is 19.6 Å². The number of carbonyl (C=O) groups excluding carboxylic acids is 1. The Kier molecular flexibility index (Phi) is 5.28. The van der Waals surface area contributed by atoms with Gasteiger partial charge in [0, 0.05) is 69.2 Å². The SMILES string of the molecule is CC(=O)N1CCN(Cc2cncc3ccc(-c4cnn5cc(C(F)(F)F)ccc45)cc23)CC1. The summed E-state index contributed by atoms with van der Waals surface area (Å²) in [5.41, 5.74) is 2.59. The minimum atomic E-state index is -4.42. The molecule has 3 aromatic heterocycles. The van der Waals surface area contributed by atoms with Crippen molar-refractivity contribution in [2.24, 2.45) is 0 Å². The second-order valence-corrected chi connectivity index (χ2v) is 8.32. The molecule has 1 fully saturated rings. The van der Waals surface area contributed by atoms with Crippen LogP contribution in [-0.4, -0.2) is 56.5 Å². The van der Waals surface area contributed by atoms with Crippen molar-refractivity contribution in [1.29, 1.82) is 0 Å². The summed E-state index contributed by atoms with van der Waals surface area (Å²) in [5, 5.41) is 6.19. The molecule has 0 spiro atoms. The third-order valence-corrected chi connectivity index (χ3v) is 6.21. The molecule has 4 aromatic rings. The Morgan fingerprint density at radius 1 is 1.03 bits per heavy atom. The highest BCUT2D eigenvalue weighted by Crippen LogP contribution is 2.33. The third kappa shape index (κ3) is 4.16. The van der Waals surface area contributed by atoms with Crippen molar-refractivity contribution in [3.8, 4) is 11.1 Å². The first kappa shape index (κ1) is 21.4. The van der Waals surface area contributed by atoms with Crippen LogP contribution in [0.4, 0.5) is 13.2 Å². The van der Waals surface area contributed by atoms with E-state index in [1.165, 1.54) is 10.6 Å². The Balaban J connectivity index is 1.47. The van der Waals surface area contributed by atoms with E-state index in [-0.39, 0.29) is 5.91 Å². The molecule has 0 aliphatic carbocycles. The smallest absolute Gasteiger partial charge is 0.340 e. The largest absolute Gasteiger partial charge is 0.417 e. The fourth-order valence-electron chi connectivity index (χ4n) is 4.35. The minimum absolute atomic E-state index is 0.0990. The predicted molar refractivity (Wildman–Crippen MR) is 118 cm³/mol. The first-order valence-corrected chi connectivity index (χ1v) is 10.7. The van der Waals surface area contributed by atoms with Crippen LogP contribution in [0.5, 0.6) is 0 Å². The normalized spacial score (nSPS) is 15.5. The van der Waals surface area contributed by atoms with Gasteiger partial charge in [-0.15, -0.1) is 0 Å². The third-order valence-electron chi connectivity index (χ3n) is 6.21. The molecular formula is C24H22F3N5O. The number of benzene rings is 1. The molecule has 1 aromatic carbocycles. The molecule has 1 amide bonds. The first-order chi connectivity index (χ1) is 15.8. The Morgan fingerprint density at radius 2 is 1.82 bits per heavy atom. The van der Waals surface area contributed by atoms with Crippen molar-refractivity contribution in [3.63, 3.8) is 0 Å². The van der Waals surface area contributed by atoms with E-state index < -0.39 is 11.7 Å². The van der Waals surface area contributed by atoms with Gasteiger partial charge in [-0.25, -0.2) is 4.52 Å². The van der Waals surface area contributed by atoms with Crippen LogP contribution in [0.3, 0.4) is 0 Å². The van der Waals surface area contributed by atoms with Crippen molar-refractivity contribution in [1.82, 2.24) is 24.4 Å². The lowest BCUT2D eigenvalue weighted by Gasteiger charge is -2.34. The van der Waals surface area contributed by atoms with Gasteiger partial charge in [0.1, 0.15) is 0 Å². The second-order valence-electron chi connectivity index (χ2n) is 8.32. The number of fused-ring (bicyclic) bond motifs is 2. The number of halogens is 3. The van der Waals surface area contributed by atoms with Gasteiger partial charge >= 0.3 is 6.18 Å². The van der Waals surface area contributed by atoms with E-state index in [9.17, 15) is 18.0 Å². The van der Waals surface area contributed by atoms with Crippen LogP contribution in [0, 0.1) is 0 Å². The van der Waals surface area contributed by atoms with Crippen LogP contribution in [0.2, 0.25) is 0 Å². The van der Waals surface area contributed by atoms with Crippen LogP contribution in [0.1, 0.15) is 18.1 Å². The number of hydrogen-bond donors (Lipinski definition) is 0. The zero-order chi connectivity index (χ0) is 23.2. The molecule has 1 aliphatic heterocycles. The van der Waals surface area contributed by atoms with E-state index in [1.807, 2.05) is 35.5 Å². The van der Waals surface area contributed by atoms with Gasteiger partial charge in [-0.3, -0.25) is 14.7 Å². The minimum Gasteiger partial charge on any atom is -0.340 e. The molecule has 5 rings (SSSR count). The van der Waals surface area contributed by atoms with E-state index in [4.69, 9.17) is 0 Å². The molecule has 4 heterocycles. The number of rotatable bonds is 3. The molecule has 170 valence electrons. The van der Waals surface area contributed by atoms with Gasteiger partial charge in [0.25, 0.3) is 0 Å². The number of piperazine rings is 1. The Hall–Kier alpha value is -3.46. The Bertz CT molecular complexity index is 1340. The summed E-state index contributed by atoms with van der Waals surface area (Å²) in [7, 11) is 0. The number of carbonyl (C=O) groups is 1. The van der Waals surface area contributed by atoms with Crippen molar-refractivity contribution < 1.29 is 18.0 Å². The molecule has 9 heteroatoms. The summed E-state index contributed by atoms with van der Waals surface area (Å²) in [5.74, 6) is 0.0990. The average Bonchev–Trinajstić information content (AvgIpc) is 3.22. The van der Waals surface area contributed by atoms with E-state index in [0.29, 0.717) is 25.2 Å². The van der Waals surface area contributed by atoms with Gasteiger partial charge in [0.15, 0.2) is 0 Å². The highest BCUT2D eigenvalue weighted by Gasteiger charge is 2.31. The Labute approximate surface area is 188 Å². The quantitative estimate of drug-likeness (QED) is 0.466. The second kappa shape index (κ2) is 8.15. The zero-order valence-electron chi connectivity index (χ0n) is 18.0. The average molecular weight is 453 g/mol. The van der Waals surface area contributed by atoms with Crippen LogP contribution in [0.15, 0.2) is 55.1 Å². The molecule has 0 bridgehead atoms. The number of nitrogens with zero attached hydrogens (tertiary/aromatic N) is 5. The monoisotopic (exact) mass is 453 g/mol. The molecular weight excluding hydrogens is 431 g/mol. The summed E-state index contributed by atoms with van der Waals surface area (Å²) < 4.78 is 40.4. The molecule has 33 heavy (non-hydrogen) atoms. The molecule has 0 N–H and O–H groups in total. The number of amides is 1. The highest BCUT2D eigenvalue weighted by atomic mass is 19.4. The van der Waals surface area contributed by atoms with Crippen LogP contribution < -0.4 is 0 Å². The highest BCUT2D eigenvalue weighted by molar-refractivity contribution is 5.91. The van der Waals surface area contributed by atoms with E-state index in [2.05, 4.69) is 15.0 Å². The standard InChI is InChI=1S/C24H22F3N5O/c1-16(33)31-8-6-30(7-9-31)14-19-12-28-11-18-3-2-17(10-21(18)19)22-13-29-32-15-20(24(25,26)27)4-5-23(22)32/h2-5,10-13,15H,6-9,14H2,1H3. The molecule has 1 saturated heterocycles. The van der Waals surface area contributed by atoms with Gasteiger partial charge in [-0.2, -0.15) is 18.3 Å². The topological polar surface area (TPSA) is 53.7 Å². The number of pyridine rings is 2. The maximum atomic E-state index is 13.0. The fourth-order valence-corrected chi connectivity index (χ4v) is 4.35. The summed E-state index contributed by atoms with van der Waals surface area (Å²) in [4.78, 5) is 20.1. The predicted octanol–water partition coefficient (Wildman–Crippen LogP) is 4.23. The zero-order valence-corrected chi connectivity index (χ0v) is 18.0. The lowest BCUT2D eigenvalue weighted by molar-refractivity contribution is -0.138. The molecule has 0 unspecified atom stereocenters. The molecule has 0 radical (unpaired) electrons. The van der Waals surface area contributed by atoms with Crippen LogP contribution in [0.25, 0.3) is 27.4 Å². The Morgan fingerprint density at radius 3 is 2.55 bits per heavy atom. The first-order valence-electron chi connectivity index (χ1n) is 10.7. The maximum absolute atomic E-state index is 13.0. The molecule has 1 aliphatic rings. The van der Waals surface area contributed by atoms with Gasteiger partial charge in [0.2, 0.25) is 5.91 Å². The van der Waals surface area contributed by atoms with Crippen molar-refractivity contribution in [3.05, 3.63) is 66.2 Å². The van der Waals surface area contributed by atoms with Crippen LogP contribution in [-0.2, 0) is 17.5 Å². The summed E-state index contributed by atoms with van der Waals surface area (Å²) >= 11 is 0. The number of hydrogen-bond acceptors (Lipinski definition) is 4. The van der Waals surface area contributed by atoms with Crippen LogP contribution >= 0.6 is 0 Å². The van der Waals surface area contributed by atoms with Gasteiger partial charge in [-0.1, -0.05) is 12.1 Å². The fraction of sp³-hybridized carbons (Fsp3) is 0.292. The molecule has 0 atom stereocenters. The van der Waals surface area contributed by atoms with Gasteiger partial charge in [-0.05, 0) is 34.7 Å². The number of aromatic nitrogens is 3. The van der Waals surface area contributed by atoms with Crippen molar-refractivity contribution >= 4 is 22.2 Å². The van der Waals surface area contributed by atoms with Gasteiger partial charge < -0.3 is 4.90 Å². The van der Waals surface area contributed by atoms with E-state index >= 15 is 0 Å². The lowest BCUT2D eigenvalue weighted by atomic mass is 10.00. The summed E-state index contributed by atoms with van der Waals surface area (Å²) in [6.07, 6.45) is 1.85. The maximum Gasteiger partial charge on any atom is 0.417 e. The lowest BCUT2D eigenvalue weighted by Crippen LogP contribution is -2.47. The molecule has 6 nitrogen and oxygen atoms in total. The van der Waals surface area contributed by atoms with E-state index in [1.54, 1.807) is 13.1 Å². The summed E-state index contributed by atoms with van der Waals surface area (Å²) in [6.45, 7) is 5.32. The molecule has 0 saturated carbocycles. The van der Waals surface area contributed by atoms with Crippen molar-refractivity contribution in [2.75, 3.05) is 26.2 Å².